The first kappa shape index (κ1) is 15.1. The predicted octanol–water partition coefficient (Wildman–Crippen LogP) is 3.19. The topological polar surface area (TPSA) is 61.8 Å². The van der Waals surface area contributed by atoms with Crippen LogP contribution in [0.5, 0.6) is 11.5 Å². The average molecular weight is 312 g/mol. The smallest absolute Gasteiger partial charge is 0.339 e. The van der Waals surface area contributed by atoms with Crippen LogP contribution < -0.4 is 9.47 Å². The quantitative estimate of drug-likeness (QED) is 0.627. The maximum atomic E-state index is 12.5. The van der Waals surface area contributed by atoms with Crippen molar-refractivity contribution in [2.24, 2.45) is 0 Å². The number of ketones is 1. The zero-order valence-electron chi connectivity index (χ0n) is 12.9. The summed E-state index contributed by atoms with van der Waals surface area (Å²) in [6.07, 6.45) is -0.447. The molecule has 1 heterocycles. The molecule has 0 saturated carbocycles. The maximum absolute atomic E-state index is 12.5. The number of Topliss-reactive ketones (excluding diaryl/α,β-unsaturated/α-hetero) is 1. The molecule has 0 fully saturated rings. The number of rotatable bonds is 5. The van der Waals surface area contributed by atoms with Gasteiger partial charge in [-0.25, -0.2) is 4.79 Å². The molecule has 0 N–H and O–H groups in total. The van der Waals surface area contributed by atoms with E-state index in [0.29, 0.717) is 22.6 Å². The number of methoxy groups -OCH3 is 2. The van der Waals surface area contributed by atoms with E-state index in [1.165, 1.54) is 14.2 Å². The minimum Gasteiger partial charge on any atom is -0.493 e. The number of ether oxygens (including phenoxy) is 3. The monoisotopic (exact) mass is 312 g/mol. The summed E-state index contributed by atoms with van der Waals surface area (Å²) in [5, 5.41) is 0. The Bertz CT molecular complexity index is 766. The molecule has 1 aliphatic heterocycles. The van der Waals surface area contributed by atoms with Crippen LogP contribution in [0.4, 0.5) is 0 Å². The van der Waals surface area contributed by atoms with E-state index in [-0.39, 0.29) is 18.2 Å². The third-order valence-electron chi connectivity index (χ3n) is 3.85. The highest BCUT2D eigenvalue weighted by Crippen LogP contribution is 2.34. The molecule has 0 bridgehead atoms. The molecular weight excluding hydrogens is 296 g/mol. The summed E-state index contributed by atoms with van der Waals surface area (Å²) in [7, 11) is 3.05. The van der Waals surface area contributed by atoms with Crippen LogP contribution in [0.2, 0.25) is 0 Å². The summed E-state index contributed by atoms with van der Waals surface area (Å²) in [5.41, 5.74) is 1.77. The van der Waals surface area contributed by atoms with E-state index in [0.717, 1.165) is 5.56 Å². The van der Waals surface area contributed by atoms with E-state index >= 15 is 0 Å². The Morgan fingerprint density at radius 1 is 1.09 bits per heavy atom. The summed E-state index contributed by atoms with van der Waals surface area (Å²) in [6, 6.07) is 12.1. The fourth-order valence-corrected chi connectivity index (χ4v) is 2.67. The lowest BCUT2D eigenvalue weighted by Gasteiger charge is -2.12. The maximum Gasteiger partial charge on any atom is 0.339 e. The molecule has 0 spiro atoms. The SMILES string of the molecule is COc1ccc(C(=O)C[C@@H]2OC(=O)c3ccccc32)cc1OC. The number of hydrogen-bond donors (Lipinski definition) is 0. The molecule has 0 aliphatic carbocycles. The van der Waals surface area contributed by atoms with Crippen LogP contribution in [0.3, 0.4) is 0 Å². The number of carbonyl (C=O) groups is 2. The van der Waals surface area contributed by atoms with Crippen molar-refractivity contribution in [3.8, 4) is 11.5 Å². The van der Waals surface area contributed by atoms with Gasteiger partial charge < -0.3 is 14.2 Å². The molecule has 2 aromatic carbocycles. The standard InChI is InChI=1S/C18H16O5/c1-21-15-8-7-11(9-17(15)22-2)14(19)10-16-12-5-3-4-6-13(12)18(20)23-16/h3-9,16H,10H2,1-2H3/t16-/m0/s1. The van der Waals surface area contributed by atoms with Gasteiger partial charge in [0.25, 0.3) is 0 Å². The fourth-order valence-electron chi connectivity index (χ4n) is 2.67. The first-order chi connectivity index (χ1) is 11.1. The number of carbonyl (C=O) groups excluding carboxylic acids is 2. The van der Waals surface area contributed by atoms with Crippen LogP contribution in [-0.2, 0) is 4.74 Å². The van der Waals surface area contributed by atoms with Crippen molar-refractivity contribution in [3.63, 3.8) is 0 Å². The fraction of sp³-hybridized carbons (Fsp3) is 0.222. The molecule has 3 rings (SSSR count). The molecule has 5 nitrogen and oxygen atoms in total. The number of benzene rings is 2. The van der Waals surface area contributed by atoms with Gasteiger partial charge >= 0.3 is 5.97 Å². The normalized spacial score (nSPS) is 15.7. The van der Waals surface area contributed by atoms with Gasteiger partial charge in [0.2, 0.25) is 0 Å². The average Bonchev–Trinajstić information content (AvgIpc) is 2.90. The second-order valence-corrected chi connectivity index (χ2v) is 5.18. The van der Waals surface area contributed by atoms with E-state index in [1.54, 1.807) is 30.3 Å². The van der Waals surface area contributed by atoms with Crippen molar-refractivity contribution >= 4 is 11.8 Å². The Hall–Kier alpha value is -2.82. The number of fused-ring (bicyclic) bond motifs is 1. The second kappa shape index (κ2) is 6.12. The van der Waals surface area contributed by atoms with Crippen LogP contribution in [0, 0.1) is 0 Å². The van der Waals surface area contributed by atoms with Crippen molar-refractivity contribution in [1.29, 1.82) is 0 Å². The van der Waals surface area contributed by atoms with Crippen molar-refractivity contribution in [3.05, 3.63) is 59.2 Å². The summed E-state index contributed by atoms with van der Waals surface area (Å²) in [4.78, 5) is 24.3. The molecule has 1 aliphatic rings. The van der Waals surface area contributed by atoms with Crippen molar-refractivity contribution < 1.29 is 23.8 Å². The van der Waals surface area contributed by atoms with Crippen LogP contribution in [0.15, 0.2) is 42.5 Å². The van der Waals surface area contributed by atoms with Gasteiger partial charge in [-0.1, -0.05) is 18.2 Å². The lowest BCUT2D eigenvalue weighted by Crippen LogP contribution is -2.08. The first-order valence-corrected chi connectivity index (χ1v) is 7.19. The molecule has 2 aromatic rings. The highest BCUT2D eigenvalue weighted by molar-refractivity contribution is 5.99. The minimum atomic E-state index is -0.542. The highest BCUT2D eigenvalue weighted by Gasteiger charge is 2.32. The van der Waals surface area contributed by atoms with Crippen molar-refractivity contribution in [2.75, 3.05) is 14.2 Å². The van der Waals surface area contributed by atoms with Gasteiger partial charge in [0, 0.05) is 11.1 Å². The summed E-state index contributed by atoms with van der Waals surface area (Å²) < 4.78 is 15.7. The summed E-state index contributed by atoms with van der Waals surface area (Å²) in [5.74, 6) is 0.537. The van der Waals surface area contributed by atoms with Crippen LogP contribution in [0.25, 0.3) is 0 Å². The number of hydrogen-bond acceptors (Lipinski definition) is 5. The van der Waals surface area contributed by atoms with Gasteiger partial charge in [-0.3, -0.25) is 4.79 Å². The van der Waals surface area contributed by atoms with E-state index in [4.69, 9.17) is 14.2 Å². The predicted molar refractivity (Wildman–Crippen MR) is 83.1 cm³/mol. The van der Waals surface area contributed by atoms with Gasteiger partial charge in [-0.15, -0.1) is 0 Å². The molecule has 118 valence electrons. The van der Waals surface area contributed by atoms with Crippen LogP contribution in [-0.4, -0.2) is 26.0 Å². The summed E-state index contributed by atoms with van der Waals surface area (Å²) in [6.45, 7) is 0. The van der Waals surface area contributed by atoms with E-state index in [9.17, 15) is 9.59 Å². The van der Waals surface area contributed by atoms with Gasteiger partial charge in [0.1, 0.15) is 6.10 Å². The molecule has 0 unspecified atom stereocenters. The van der Waals surface area contributed by atoms with Gasteiger partial charge in [-0.05, 0) is 24.3 Å². The lowest BCUT2D eigenvalue weighted by atomic mass is 9.98. The van der Waals surface area contributed by atoms with Crippen LogP contribution in [0.1, 0.15) is 38.8 Å². The summed E-state index contributed by atoms with van der Waals surface area (Å²) >= 11 is 0. The molecule has 0 radical (unpaired) electrons. The molecule has 0 aromatic heterocycles. The Balaban J connectivity index is 1.82. The van der Waals surface area contributed by atoms with E-state index in [2.05, 4.69) is 0 Å². The van der Waals surface area contributed by atoms with Crippen LogP contribution >= 0.6 is 0 Å². The molecular formula is C18H16O5. The largest absolute Gasteiger partial charge is 0.493 e. The van der Waals surface area contributed by atoms with Gasteiger partial charge in [0.05, 0.1) is 26.2 Å². The van der Waals surface area contributed by atoms with E-state index < -0.39 is 6.10 Å². The molecule has 1 atom stereocenters. The Labute approximate surface area is 133 Å². The van der Waals surface area contributed by atoms with E-state index in [1.807, 2.05) is 12.1 Å². The Morgan fingerprint density at radius 2 is 1.83 bits per heavy atom. The molecule has 0 amide bonds. The molecule has 5 heteroatoms. The minimum absolute atomic E-state index is 0.0955. The van der Waals surface area contributed by atoms with Crippen molar-refractivity contribution in [1.82, 2.24) is 0 Å². The van der Waals surface area contributed by atoms with Crippen molar-refractivity contribution in [2.45, 2.75) is 12.5 Å². The van der Waals surface area contributed by atoms with Gasteiger partial charge in [-0.2, -0.15) is 0 Å². The Morgan fingerprint density at radius 3 is 2.57 bits per heavy atom. The third-order valence-corrected chi connectivity index (χ3v) is 3.85. The first-order valence-electron chi connectivity index (χ1n) is 7.19. The second-order valence-electron chi connectivity index (χ2n) is 5.18. The number of esters is 1. The van der Waals surface area contributed by atoms with Gasteiger partial charge in [0.15, 0.2) is 17.3 Å². The number of cyclic esters (lactones) is 1. The molecule has 23 heavy (non-hydrogen) atoms. The highest BCUT2D eigenvalue weighted by atomic mass is 16.5. The zero-order chi connectivity index (χ0) is 16.4. The lowest BCUT2D eigenvalue weighted by molar-refractivity contribution is 0.0367. The molecule has 0 saturated heterocycles. The zero-order valence-corrected chi connectivity index (χ0v) is 12.9. The Kier molecular flexibility index (Phi) is 4.02. The third kappa shape index (κ3) is 2.77.